The lowest BCUT2D eigenvalue weighted by Gasteiger charge is -2.07. The molecule has 0 aliphatic rings. The molecule has 0 saturated carbocycles. The quantitative estimate of drug-likeness (QED) is 0.768. The zero-order valence-electron chi connectivity index (χ0n) is 10.5. The van der Waals surface area contributed by atoms with Crippen LogP contribution in [0.2, 0.25) is 0 Å². The van der Waals surface area contributed by atoms with Gasteiger partial charge in [0, 0.05) is 18.1 Å². The fraction of sp³-hybridized carbons (Fsp3) is 0. The Balaban J connectivity index is 2.33. The van der Waals surface area contributed by atoms with Crippen molar-refractivity contribution in [3.8, 4) is 0 Å². The molecular formula is C13H9N3O5. The Morgan fingerprint density at radius 1 is 0.952 bits per heavy atom. The van der Waals surface area contributed by atoms with Gasteiger partial charge in [-0.1, -0.05) is 0 Å². The molecule has 0 bridgehead atoms. The smallest absolute Gasteiger partial charge is 0.335 e. The monoisotopic (exact) mass is 287 g/mol. The lowest BCUT2D eigenvalue weighted by Crippen LogP contribution is -2.15. The highest BCUT2D eigenvalue weighted by atomic mass is 16.4. The van der Waals surface area contributed by atoms with Crippen molar-refractivity contribution in [2.75, 3.05) is 5.32 Å². The van der Waals surface area contributed by atoms with Gasteiger partial charge in [0.15, 0.2) is 0 Å². The second-order valence-electron chi connectivity index (χ2n) is 3.95. The summed E-state index contributed by atoms with van der Waals surface area (Å²) in [5.74, 6) is -3.22. The molecule has 0 unspecified atom stereocenters. The van der Waals surface area contributed by atoms with Gasteiger partial charge in [-0.2, -0.15) is 0 Å². The summed E-state index contributed by atoms with van der Waals surface area (Å²) in [6, 6.07) is 3.31. The summed E-state index contributed by atoms with van der Waals surface area (Å²) in [5, 5.41) is 20.3. The van der Waals surface area contributed by atoms with Gasteiger partial charge >= 0.3 is 11.9 Å². The number of aromatic nitrogens is 2. The van der Waals surface area contributed by atoms with Crippen molar-refractivity contribution in [2.45, 2.75) is 0 Å². The third kappa shape index (κ3) is 3.38. The van der Waals surface area contributed by atoms with Crippen molar-refractivity contribution < 1.29 is 24.6 Å². The van der Waals surface area contributed by atoms with Crippen LogP contribution in [-0.2, 0) is 0 Å². The van der Waals surface area contributed by atoms with Crippen molar-refractivity contribution in [3.63, 3.8) is 0 Å². The number of carbonyl (C=O) groups excluding carboxylic acids is 1. The van der Waals surface area contributed by atoms with Gasteiger partial charge in [-0.15, -0.1) is 0 Å². The highest BCUT2D eigenvalue weighted by molar-refractivity contribution is 6.04. The van der Waals surface area contributed by atoms with Crippen LogP contribution in [-0.4, -0.2) is 38.0 Å². The van der Waals surface area contributed by atoms with Crippen molar-refractivity contribution in [3.05, 3.63) is 53.6 Å². The second kappa shape index (κ2) is 5.78. The largest absolute Gasteiger partial charge is 0.478 e. The average Bonchev–Trinajstić information content (AvgIpc) is 2.47. The first kappa shape index (κ1) is 14.1. The Kier molecular flexibility index (Phi) is 3.89. The molecule has 0 atom stereocenters. The Bertz CT molecular complexity index is 683. The van der Waals surface area contributed by atoms with Crippen LogP contribution in [0.4, 0.5) is 5.69 Å². The second-order valence-corrected chi connectivity index (χ2v) is 3.95. The zero-order chi connectivity index (χ0) is 15.4. The van der Waals surface area contributed by atoms with Gasteiger partial charge in [0.1, 0.15) is 5.69 Å². The van der Waals surface area contributed by atoms with Gasteiger partial charge < -0.3 is 15.5 Å². The first-order valence-corrected chi connectivity index (χ1v) is 5.66. The first-order valence-electron chi connectivity index (χ1n) is 5.66. The van der Waals surface area contributed by atoms with Crippen molar-refractivity contribution in [2.24, 2.45) is 0 Å². The Morgan fingerprint density at radius 2 is 1.57 bits per heavy atom. The lowest BCUT2D eigenvalue weighted by molar-refractivity contribution is 0.0696. The lowest BCUT2D eigenvalue weighted by atomic mass is 10.1. The van der Waals surface area contributed by atoms with E-state index in [0.29, 0.717) is 0 Å². The van der Waals surface area contributed by atoms with Crippen LogP contribution < -0.4 is 5.32 Å². The maximum absolute atomic E-state index is 11.9. The molecule has 2 aromatic rings. The minimum atomic E-state index is -1.30. The minimum absolute atomic E-state index is 0.0232. The summed E-state index contributed by atoms with van der Waals surface area (Å²) in [5.41, 5.74) is -0.424. The number of rotatable bonds is 4. The van der Waals surface area contributed by atoms with E-state index in [1.807, 2.05) is 0 Å². The molecule has 0 saturated heterocycles. The van der Waals surface area contributed by atoms with Crippen LogP contribution in [0.1, 0.15) is 31.2 Å². The molecule has 8 heteroatoms. The summed E-state index contributed by atoms with van der Waals surface area (Å²) < 4.78 is 0. The highest BCUT2D eigenvalue weighted by Gasteiger charge is 2.14. The molecular weight excluding hydrogens is 278 g/mol. The van der Waals surface area contributed by atoms with Crippen molar-refractivity contribution in [1.82, 2.24) is 9.97 Å². The number of benzene rings is 1. The molecule has 0 fully saturated rings. The van der Waals surface area contributed by atoms with Gasteiger partial charge in [0.05, 0.1) is 17.3 Å². The summed E-state index contributed by atoms with van der Waals surface area (Å²) in [6.07, 6.45) is 3.95. The topological polar surface area (TPSA) is 129 Å². The molecule has 0 aliphatic heterocycles. The first-order chi connectivity index (χ1) is 9.97. The number of carboxylic acid groups (broad SMARTS) is 2. The van der Waals surface area contributed by atoms with Crippen LogP contribution >= 0.6 is 0 Å². The summed E-state index contributed by atoms with van der Waals surface area (Å²) >= 11 is 0. The van der Waals surface area contributed by atoms with E-state index in [1.54, 1.807) is 0 Å². The number of amides is 1. The molecule has 8 nitrogen and oxygen atoms in total. The molecule has 1 aromatic heterocycles. The Morgan fingerprint density at radius 3 is 2.05 bits per heavy atom. The van der Waals surface area contributed by atoms with Crippen LogP contribution in [0.3, 0.4) is 0 Å². The van der Waals surface area contributed by atoms with Crippen LogP contribution in [0, 0.1) is 0 Å². The van der Waals surface area contributed by atoms with Crippen LogP contribution in [0.25, 0.3) is 0 Å². The standard InChI is InChI=1S/C13H9N3O5/c17-11(10-6-14-1-2-15-10)16-9-4-7(12(18)19)3-8(5-9)13(20)21/h1-6H,(H,16,17)(H,18,19)(H,20,21). The maximum atomic E-state index is 11.9. The number of carbonyl (C=O) groups is 3. The van der Waals surface area contributed by atoms with E-state index in [-0.39, 0.29) is 22.5 Å². The molecule has 106 valence electrons. The van der Waals surface area contributed by atoms with E-state index in [4.69, 9.17) is 10.2 Å². The third-order valence-electron chi connectivity index (χ3n) is 2.48. The van der Waals surface area contributed by atoms with Crippen LogP contribution in [0.15, 0.2) is 36.8 Å². The predicted octanol–water partition coefficient (Wildman–Crippen LogP) is 1.13. The van der Waals surface area contributed by atoms with Gasteiger partial charge in [-0.25, -0.2) is 14.6 Å². The van der Waals surface area contributed by atoms with Crippen molar-refractivity contribution >= 4 is 23.5 Å². The number of hydrogen-bond donors (Lipinski definition) is 3. The minimum Gasteiger partial charge on any atom is -0.478 e. The van der Waals surface area contributed by atoms with Crippen LogP contribution in [0.5, 0.6) is 0 Å². The number of carboxylic acids is 2. The molecule has 0 radical (unpaired) electrons. The van der Waals surface area contributed by atoms with Gasteiger partial charge in [-0.3, -0.25) is 9.78 Å². The van der Waals surface area contributed by atoms with E-state index >= 15 is 0 Å². The predicted molar refractivity (Wildman–Crippen MR) is 70.3 cm³/mol. The number of anilines is 1. The molecule has 1 aromatic carbocycles. The van der Waals surface area contributed by atoms with Gasteiger partial charge in [0.2, 0.25) is 0 Å². The number of aromatic carboxylic acids is 2. The molecule has 3 N–H and O–H groups in total. The normalized spacial score (nSPS) is 9.90. The molecule has 1 amide bonds. The molecule has 1 heterocycles. The van der Waals surface area contributed by atoms with E-state index < -0.39 is 17.8 Å². The maximum Gasteiger partial charge on any atom is 0.335 e. The number of hydrogen-bond acceptors (Lipinski definition) is 5. The molecule has 0 aliphatic carbocycles. The number of nitrogens with zero attached hydrogens (tertiary/aromatic N) is 2. The van der Waals surface area contributed by atoms with E-state index in [1.165, 1.54) is 18.6 Å². The van der Waals surface area contributed by atoms with Crippen molar-refractivity contribution in [1.29, 1.82) is 0 Å². The Labute approximate surface area is 118 Å². The fourth-order valence-electron chi connectivity index (χ4n) is 1.56. The third-order valence-corrected chi connectivity index (χ3v) is 2.48. The molecule has 21 heavy (non-hydrogen) atoms. The van der Waals surface area contributed by atoms with Gasteiger partial charge in [0.25, 0.3) is 5.91 Å². The van der Waals surface area contributed by atoms with E-state index in [9.17, 15) is 14.4 Å². The van der Waals surface area contributed by atoms with E-state index in [2.05, 4.69) is 15.3 Å². The number of nitrogens with one attached hydrogen (secondary N) is 1. The highest BCUT2D eigenvalue weighted by Crippen LogP contribution is 2.16. The Hall–Kier alpha value is -3.29. The fourth-order valence-corrected chi connectivity index (χ4v) is 1.56. The summed E-state index contributed by atoms with van der Waals surface area (Å²) in [7, 11) is 0. The molecule has 0 spiro atoms. The summed E-state index contributed by atoms with van der Waals surface area (Å²) in [4.78, 5) is 41.3. The SMILES string of the molecule is O=C(O)c1cc(NC(=O)c2cnccn2)cc(C(=O)O)c1. The molecule has 2 rings (SSSR count). The average molecular weight is 287 g/mol. The van der Waals surface area contributed by atoms with E-state index in [0.717, 1.165) is 18.2 Å². The summed E-state index contributed by atoms with van der Waals surface area (Å²) in [6.45, 7) is 0. The zero-order valence-corrected chi connectivity index (χ0v) is 10.5. The van der Waals surface area contributed by atoms with Gasteiger partial charge in [-0.05, 0) is 18.2 Å².